The molecule has 0 N–H and O–H groups in total. The molecule has 2 nitrogen and oxygen atoms in total. The summed E-state index contributed by atoms with van der Waals surface area (Å²) in [6.07, 6.45) is 2.45. The van der Waals surface area contributed by atoms with E-state index in [1.165, 1.54) is 12.8 Å². The van der Waals surface area contributed by atoms with Crippen molar-refractivity contribution in [2.45, 2.75) is 18.9 Å². The van der Waals surface area contributed by atoms with Gasteiger partial charge in [-0.1, -0.05) is 11.6 Å². The van der Waals surface area contributed by atoms with Crippen LogP contribution < -0.4 is 0 Å². The first-order valence-electron chi connectivity index (χ1n) is 3.22. The van der Waals surface area contributed by atoms with Crippen molar-refractivity contribution in [3.63, 3.8) is 0 Å². The Kier molecular flexibility index (Phi) is 3.58. The summed E-state index contributed by atoms with van der Waals surface area (Å²) in [7, 11) is -1.26. The first-order chi connectivity index (χ1) is 4.43. The summed E-state index contributed by atoms with van der Waals surface area (Å²) in [4.78, 5) is 0. The molecule has 1 saturated heterocycles. The standard InChI is InChI=1S/C5H11ClO2Si/c6-5-8-9-4-2-1-3-7-9/h9H,1-5H2. The van der Waals surface area contributed by atoms with Crippen molar-refractivity contribution in [2.24, 2.45) is 0 Å². The molecule has 1 aliphatic rings. The Morgan fingerprint density at radius 2 is 2.44 bits per heavy atom. The largest absolute Gasteiger partial charge is 0.397 e. The van der Waals surface area contributed by atoms with Gasteiger partial charge in [0.25, 0.3) is 0 Å². The zero-order chi connectivity index (χ0) is 6.53. The van der Waals surface area contributed by atoms with Crippen LogP contribution >= 0.6 is 11.6 Å². The average molecular weight is 167 g/mol. The van der Waals surface area contributed by atoms with Gasteiger partial charge in [0.15, 0.2) is 0 Å². The molecule has 1 fully saturated rings. The smallest absolute Gasteiger partial charge is 0.322 e. The Morgan fingerprint density at radius 3 is 3.00 bits per heavy atom. The summed E-state index contributed by atoms with van der Waals surface area (Å²) in [5.74, 6) is 0. The topological polar surface area (TPSA) is 18.5 Å². The lowest BCUT2D eigenvalue weighted by Crippen LogP contribution is -2.26. The van der Waals surface area contributed by atoms with Gasteiger partial charge < -0.3 is 8.85 Å². The molecule has 54 valence electrons. The fourth-order valence-corrected chi connectivity index (χ4v) is 2.96. The van der Waals surface area contributed by atoms with E-state index in [1.54, 1.807) is 0 Å². The molecular formula is C5H11ClO2Si. The van der Waals surface area contributed by atoms with Crippen molar-refractivity contribution in [2.75, 3.05) is 12.7 Å². The number of hydrogen-bond acceptors (Lipinski definition) is 2. The van der Waals surface area contributed by atoms with Gasteiger partial charge in [0, 0.05) is 6.61 Å². The lowest BCUT2D eigenvalue weighted by atomic mass is 10.4. The lowest BCUT2D eigenvalue weighted by Gasteiger charge is -2.19. The molecule has 0 bridgehead atoms. The monoisotopic (exact) mass is 166 g/mol. The number of rotatable bonds is 2. The van der Waals surface area contributed by atoms with Crippen LogP contribution in [0.25, 0.3) is 0 Å². The highest BCUT2D eigenvalue weighted by Crippen LogP contribution is 2.11. The fourth-order valence-electron chi connectivity index (χ4n) is 0.913. The van der Waals surface area contributed by atoms with E-state index >= 15 is 0 Å². The van der Waals surface area contributed by atoms with Crippen LogP contribution in [0.3, 0.4) is 0 Å². The molecule has 1 unspecified atom stereocenters. The molecule has 0 spiro atoms. The van der Waals surface area contributed by atoms with E-state index in [9.17, 15) is 0 Å². The molecule has 1 atom stereocenters. The third-order valence-electron chi connectivity index (χ3n) is 1.39. The molecule has 9 heavy (non-hydrogen) atoms. The molecule has 4 heteroatoms. The van der Waals surface area contributed by atoms with Gasteiger partial charge in [-0.05, 0) is 18.9 Å². The minimum atomic E-state index is -1.26. The van der Waals surface area contributed by atoms with Crippen LogP contribution in [-0.4, -0.2) is 22.0 Å². The Balaban J connectivity index is 2.08. The van der Waals surface area contributed by atoms with E-state index in [4.69, 9.17) is 20.5 Å². The van der Waals surface area contributed by atoms with Crippen LogP contribution in [0.5, 0.6) is 0 Å². The van der Waals surface area contributed by atoms with E-state index < -0.39 is 9.28 Å². The van der Waals surface area contributed by atoms with Crippen LogP contribution in [0.15, 0.2) is 0 Å². The van der Waals surface area contributed by atoms with E-state index in [-0.39, 0.29) is 0 Å². The molecule has 0 aromatic heterocycles. The third kappa shape index (κ3) is 2.67. The molecule has 0 amide bonds. The Morgan fingerprint density at radius 1 is 1.56 bits per heavy atom. The van der Waals surface area contributed by atoms with E-state index in [0.717, 1.165) is 12.7 Å². The molecule has 0 aromatic rings. The molecule has 0 aromatic carbocycles. The van der Waals surface area contributed by atoms with Crippen molar-refractivity contribution < 1.29 is 8.85 Å². The van der Waals surface area contributed by atoms with Crippen LogP contribution in [0.1, 0.15) is 12.8 Å². The summed E-state index contributed by atoms with van der Waals surface area (Å²) >= 11 is 5.37. The van der Waals surface area contributed by atoms with E-state index in [0.29, 0.717) is 6.07 Å². The van der Waals surface area contributed by atoms with Gasteiger partial charge in [0.2, 0.25) is 0 Å². The molecular weight excluding hydrogens is 156 g/mol. The van der Waals surface area contributed by atoms with Gasteiger partial charge in [0.1, 0.15) is 6.07 Å². The second kappa shape index (κ2) is 4.28. The fraction of sp³-hybridized carbons (Fsp3) is 1.00. The van der Waals surface area contributed by atoms with Crippen molar-refractivity contribution in [3.8, 4) is 0 Å². The highest BCUT2D eigenvalue weighted by molar-refractivity contribution is 6.45. The first-order valence-corrected chi connectivity index (χ1v) is 5.52. The summed E-state index contributed by atoms with van der Waals surface area (Å²) in [5, 5.41) is 0. The van der Waals surface area contributed by atoms with Gasteiger partial charge in [-0.15, -0.1) is 0 Å². The predicted octanol–water partition coefficient (Wildman–Crippen LogP) is 1.23. The zero-order valence-corrected chi connectivity index (χ0v) is 7.22. The molecule has 0 aliphatic carbocycles. The van der Waals surface area contributed by atoms with Crippen molar-refractivity contribution in [3.05, 3.63) is 0 Å². The zero-order valence-electron chi connectivity index (χ0n) is 5.31. The number of hydrogen-bond donors (Lipinski definition) is 0. The van der Waals surface area contributed by atoms with Crippen LogP contribution in [-0.2, 0) is 8.85 Å². The normalized spacial score (nSPS) is 28.3. The highest BCUT2D eigenvalue weighted by Gasteiger charge is 2.16. The number of alkyl halides is 1. The second-order valence-corrected chi connectivity index (χ2v) is 4.39. The second-order valence-electron chi connectivity index (χ2n) is 2.07. The summed E-state index contributed by atoms with van der Waals surface area (Å²) in [5.41, 5.74) is 0. The van der Waals surface area contributed by atoms with Gasteiger partial charge in [0.05, 0.1) is 0 Å². The first kappa shape index (κ1) is 7.53. The highest BCUT2D eigenvalue weighted by atomic mass is 35.5. The van der Waals surface area contributed by atoms with E-state index in [1.807, 2.05) is 0 Å². The van der Waals surface area contributed by atoms with Crippen molar-refractivity contribution >= 4 is 20.9 Å². The van der Waals surface area contributed by atoms with E-state index in [2.05, 4.69) is 0 Å². The summed E-state index contributed by atoms with van der Waals surface area (Å²) < 4.78 is 10.5. The minimum Gasteiger partial charge on any atom is -0.397 e. The van der Waals surface area contributed by atoms with Crippen LogP contribution in [0, 0.1) is 0 Å². The maximum atomic E-state index is 5.37. The Bertz CT molecular complexity index is 72.6. The molecule has 1 rings (SSSR count). The number of halogens is 1. The average Bonchev–Trinajstić information content (AvgIpc) is 1.91. The predicted molar refractivity (Wildman–Crippen MR) is 38.9 cm³/mol. The maximum absolute atomic E-state index is 5.37. The van der Waals surface area contributed by atoms with Gasteiger partial charge in [-0.25, -0.2) is 0 Å². The van der Waals surface area contributed by atoms with Crippen LogP contribution in [0.4, 0.5) is 0 Å². The Hall–Kier alpha value is 0.427. The van der Waals surface area contributed by atoms with Crippen LogP contribution in [0.2, 0.25) is 6.04 Å². The SMILES string of the molecule is ClCO[SiH]1CCCCO1. The molecule has 1 aliphatic heterocycles. The van der Waals surface area contributed by atoms with Gasteiger partial charge in [-0.3, -0.25) is 0 Å². The Labute approximate surface area is 61.9 Å². The summed E-state index contributed by atoms with van der Waals surface area (Å²) in [6.45, 7) is 0.883. The van der Waals surface area contributed by atoms with Crippen molar-refractivity contribution in [1.82, 2.24) is 0 Å². The molecule has 0 radical (unpaired) electrons. The quantitative estimate of drug-likeness (QED) is 0.454. The molecule has 1 heterocycles. The molecule has 0 saturated carbocycles. The van der Waals surface area contributed by atoms with Gasteiger partial charge in [-0.2, -0.15) is 0 Å². The summed E-state index contributed by atoms with van der Waals surface area (Å²) in [6, 6.07) is 1.43. The van der Waals surface area contributed by atoms with Crippen molar-refractivity contribution in [1.29, 1.82) is 0 Å². The third-order valence-corrected chi connectivity index (χ3v) is 3.75. The lowest BCUT2D eigenvalue weighted by molar-refractivity contribution is 0.198. The maximum Gasteiger partial charge on any atom is 0.322 e. The van der Waals surface area contributed by atoms with Gasteiger partial charge >= 0.3 is 9.28 Å². The minimum absolute atomic E-state index is 0.302.